The van der Waals surface area contributed by atoms with Gasteiger partial charge in [0.1, 0.15) is 6.10 Å². The van der Waals surface area contributed by atoms with Gasteiger partial charge in [-0.2, -0.15) is 0 Å². The smallest absolute Gasteiger partial charge is 0.309 e. The van der Waals surface area contributed by atoms with Crippen LogP contribution in [-0.4, -0.2) is 50.7 Å². The maximum atomic E-state index is 12.8. The maximum absolute atomic E-state index is 12.8. The predicted octanol–water partition coefficient (Wildman–Crippen LogP) is 6.26. The summed E-state index contributed by atoms with van der Waals surface area (Å²) in [5, 5.41) is 10.8. The summed E-state index contributed by atoms with van der Waals surface area (Å²) in [6.45, 7) is 12.0. The summed E-state index contributed by atoms with van der Waals surface area (Å²) in [6.07, 6.45) is 10.9. The minimum Gasteiger partial charge on any atom is -0.469 e. The third-order valence-electron chi connectivity index (χ3n) is 13.0. The summed E-state index contributed by atoms with van der Waals surface area (Å²) in [6, 6.07) is 0. The molecule has 0 aliphatic heterocycles. The Morgan fingerprint density at radius 2 is 1.69 bits per heavy atom. The Morgan fingerprint density at radius 3 is 2.33 bits per heavy atom. The van der Waals surface area contributed by atoms with Gasteiger partial charge in [-0.1, -0.05) is 27.7 Å². The van der Waals surface area contributed by atoms with Crippen molar-refractivity contribution in [3.05, 3.63) is 0 Å². The first-order valence-corrected chi connectivity index (χ1v) is 14.8. The highest BCUT2D eigenvalue weighted by atomic mass is 16.5. The van der Waals surface area contributed by atoms with Gasteiger partial charge >= 0.3 is 5.97 Å². The van der Waals surface area contributed by atoms with E-state index in [4.69, 9.17) is 14.2 Å². The van der Waals surface area contributed by atoms with Gasteiger partial charge < -0.3 is 19.3 Å². The summed E-state index contributed by atoms with van der Waals surface area (Å²) in [5.41, 5.74) is 0.658. The van der Waals surface area contributed by atoms with Crippen molar-refractivity contribution in [3.8, 4) is 0 Å². The fourth-order valence-corrected chi connectivity index (χ4v) is 10.3. The molecule has 0 bridgehead atoms. The van der Waals surface area contributed by atoms with Crippen molar-refractivity contribution in [1.29, 1.82) is 0 Å². The molecule has 0 aromatic rings. The number of methoxy groups -OCH3 is 3. The molecule has 0 saturated heterocycles. The number of aliphatic hydroxyl groups is 1. The monoisotopic (exact) mass is 506 g/mol. The second-order valence-electron chi connectivity index (χ2n) is 13.9. The SMILES string of the molecule is COC(=O)C1CCC2(C)C3CCC4CC(CCC(O)C(OC)C(C)OC)CCC4(C)C3CC(C)C12C. The van der Waals surface area contributed by atoms with Gasteiger partial charge in [-0.15, -0.1) is 0 Å². The topological polar surface area (TPSA) is 65.0 Å². The summed E-state index contributed by atoms with van der Waals surface area (Å²) >= 11 is 0. The van der Waals surface area contributed by atoms with Gasteiger partial charge in [-0.05, 0) is 117 Å². The van der Waals surface area contributed by atoms with Crippen LogP contribution < -0.4 is 0 Å². The molecule has 4 fully saturated rings. The van der Waals surface area contributed by atoms with Gasteiger partial charge in [0.25, 0.3) is 0 Å². The molecule has 1 N–H and O–H groups in total. The predicted molar refractivity (Wildman–Crippen MR) is 142 cm³/mol. The Kier molecular flexibility index (Phi) is 8.26. The van der Waals surface area contributed by atoms with Crippen LogP contribution in [0.4, 0.5) is 0 Å². The number of fused-ring (bicyclic) bond motifs is 5. The second-order valence-corrected chi connectivity index (χ2v) is 13.9. The highest BCUT2D eigenvalue weighted by molar-refractivity contribution is 5.74. The Hall–Kier alpha value is -0.650. The lowest BCUT2D eigenvalue weighted by Crippen LogP contribution is -2.60. The molecule has 0 amide bonds. The van der Waals surface area contributed by atoms with E-state index in [1.54, 1.807) is 21.3 Å². The largest absolute Gasteiger partial charge is 0.469 e. The van der Waals surface area contributed by atoms with E-state index in [9.17, 15) is 9.90 Å². The molecule has 4 aliphatic rings. The minimum absolute atomic E-state index is 0.0183. The number of esters is 1. The highest BCUT2D eigenvalue weighted by Crippen LogP contribution is 2.74. The molecule has 5 nitrogen and oxygen atoms in total. The van der Waals surface area contributed by atoms with Gasteiger partial charge in [-0.3, -0.25) is 4.79 Å². The quantitative estimate of drug-likeness (QED) is 0.394. The van der Waals surface area contributed by atoms with E-state index in [2.05, 4.69) is 27.7 Å². The number of aliphatic hydroxyl groups excluding tert-OH is 1. The molecule has 4 rings (SSSR count). The molecule has 12 atom stereocenters. The van der Waals surface area contributed by atoms with Crippen molar-refractivity contribution >= 4 is 5.97 Å². The first-order chi connectivity index (χ1) is 17.0. The molecular weight excluding hydrogens is 452 g/mol. The Labute approximate surface area is 220 Å². The summed E-state index contributed by atoms with van der Waals surface area (Å²) in [4.78, 5) is 12.8. The van der Waals surface area contributed by atoms with E-state index in [1.807, 2.05) is 6.92 Å². The van der Waals surface area contributed by atoms with E-state index >= 15 is 0 Å². The average molecular weight is 507 g/mol. The molecule has 5 heteroatoms. The number of hydrogen-bond donors (Lipinski definition) is 1. The molecule has 0 spiro atoms. The van der Waals surface area contributed by atoms with E-state index in [0.717, 1.165) is 37.5 Å². The summed E-state index contributed by atoms with van der Waals surface area (Å²) < 4.78 is 16.3. The van der Waals surface area contributed by atoms with Crippen LogP contribution in [0, 0.1) is 51.8 Å². The zero-order valence-electron chi connectivity index (χ0n) is 24.3. The molecule has 0 radical (unpaired) electrons. The number of rotatable bonds is 8. The van der Waals surface area contributed by atoms with E-state index < -0.39 is 6.10 Å². The van der Waals surface area contributed by atoms with Gasteiger partial charge in [0.2, 0.25) is 0 Å². The normalized spacial score (nSPS) is 46.7. The molecule has 0 aromatic carbocycles. The first kappa shape index (κ1) is 28.4. The minimum atomic E-state index is -0.476. The zero-order chi connectivity index (χ0) is 26.5. The van der Waals surface area contributed by atoms with Gasteiger partial charge in [-0.25, -0.2) is 0 Å². The molecule has 36 heavy (non-hydrogen) atoms. The van der Waals surface area contributed by atoms with Crippen molar-refractivity contribution < 1.29 is 24.1 Å². The van der Waals surface area contributed by atoms with Crippen LogP contribution in [0.2, 0.25) is 0 Å². The molecule has 208 valence electrons. The molecule has 0 heterocycles. The van der Waals surface area contributed by atoms with Crippen molar-refractivity contribution in [2.45, 2.75) is 117 Å². The van der Waals surface area contributed by atoms with Gasteiger partial charge in [0.15, 0.2) is 0 Å². The molecule has 12 unspecified atom stereocenters. The molecule has 4 saturated carbocycles. The van der Waals surface area contributed by atoms with Crippen molar-refractivity contribution in [3.63, 3.8) is 0 Å². The first-order valence-electron chi connectivity index (χ1n) is 14.8. The summed E-state index contributed by atoms with van der Waals surface area (Å²) in [7, 11) is 4.91. The van der Waals surface area contributed by atoms with Crippen LogP contribution in [0.15, 0.2) is 0 Å². The number of hydrogen-bond acceptors (Lipinski definition) is 5. The lowest BCUT2D eigenvalue weighted by molar-refractivity contribution is -0.189. The lowest BCUT2D eigenvalue weighted by Gasteiger charge is -2.66. The van der Waals surface area contributed by atoms with Gasteiger partial charge in [0, 0.05) is 14.2 Å². The van der Waals surface area contributed by atoms with E-state index in [1.165, 1.54) is 38.5 Å². The van der Waals surface area contributed by atoms with Gasteiger partial charge in [0.05, 0.1) is 25.2 Å². The molecule has 4 aliphatic carbocycles. The second kappa shape index (κ2) is 10.5. The maximum Gasteiger partial charge on any atom is 0.309 e. The van der Waals surface area contributed by atoms with Crippen LogP contribution in [0.5, 0.6) is 0 Å². The third kappa shape index (κ3) is 4.28. The number of carbonyl (C=O) groups is 1. The lowest BCUT2D eigenvalue weighted by atomic mass is 9.38. The Morgan fingerprint density at radius 1 is 0.972 bits per heavy atom. The number of ether oxygens (including phenoxy) is 3. The molecular formula is C31H54O5. The van der Waals surface area contributed by atoms with Crippen LogP contribution in [0.3, 0.4) is 0 Å². The summed E-state index contributed by atoms with van der Waals surface area (Å²) in [5.74, 6) is 3.55. The standard InChI is InChI=1S/C31H54O5/c1-19-17-25-23(30(4)16-14-24(28(33)36-8)31(19,30)5)11-10-22-18-21(13-15-29(22,25)3)9-12-26(32)27(35-7)20(2)34-6/h19-27,32H,9-18H2,1-8H3. The fourth-order valence-electron chi connectivity index (χ4n) is 10.3. The third-order valence-corrected chi connectivity index (χ3v) is 13.0. The fraction of sp³-hybridized carbons (Fsp3) is 0.968. The van der Waals surface area contributed by atoms with Crippen LogP contribution in [0.25, 0.3) is 0 Å². The zero-order valence-corrected chi connectivity index (χ0v) is 24.3. The Balaban J connectivity index is 1.45. The van der Waals surface area contributed by atoms with Crippen molar-refractivity contribution in [1.82, 2.24) is 0 Å². The van der Waals surface area contributed by atoms with Crippen LogP contribution >= 0.6 is 0 Å². The van der Waals surface area contributed by atoms with Crippen molar-refractivity contribution in [2.24, 2.45) is 51.8 Å². The van der Waals surface area contributed by atoms with Crippen LogP contribution in [-0.2, 0) is 19.0 Å². The highest BCUT2D eigenvalue weighted by Gasteiger charge is 2.69. The Bertz CT molecular complexity index is 785. The van der Waals surface area contributed by atoms with Crippen molar-refractivity contribution in [2.75, 3.05) is 21.3 Å². The number of carbonyl (C=O) groups excluding carboxylic acids is 1. The van der Waals surface area contributed by atoms with Crippen LogP contribution in [0.1, 0.15) is 98.8 Å². The average Bonchev–Trinajstić information content (AvgIpc) is 3.15. The van der Waals surface area contributed by atoms with E-state index in [-0.39, 0.29) is 34.9 Å². The van der Waals surface area contributed by atoms with E-state index in [0.29, 0.717) is 23.2 Å². The molecule has 0 aromatic heterocycles.